The van der Waals surface area contributed by atoms with E-state index in [0.29, 0.717) is 5.56 Å². The van der Waals surface area contributed by atoms with E-state index in [1.807, 2.05) is 0 Å². The molecule has 1 aromatic carbocycles. The van der Waals surface area contributed by atoms with E-state index in [2.05, 4.69) is 5.16 Å². The van der Waals surface area contributed by atoms with Gasteiger partial charge < -0.3 is 10.3 Å². The Bertz CT molecular complexity index is 481. The van der Waals surface area contributed by atoms with E-state index in [1.54, 1.807) is 30.3 Å². The van der Waals surface area contributed by atoms with Crippen LogP contribution in [0, 0.1) is 0 Å². The number of aliphatic hydroxyl groups excluding tert-OH is 1. The number of nitrogens with zero attached hydrogens (tertiary/aromatic N) is 1. The Morgan fingerprint density at radius 3 is 2.35 bits per heavy atom. The van der Waals surface area contributed by atoms with Crippen LogP contribution in [0.3, 0.4) is 0 Å². The van der Waals surface area contributed by atoms with E-state index in [4.69, 9.17) is 5.21 Å². The number of hydrogen-bond acceptors (Lipinski definition) is 5. The first-order valence-electron chi connectivity index (χ1n) is 5.16. The maximum atomic E-state index is 11.8. The third-order valence-corrected chi connectivity index (χ3v) is 4.53. The molecule has 0 saturated heterocycles. The van der Waals surface area contributed by atoms with Crippen LogP contribution >= 0.6 is 0 Å². The lowest BCUT2D eigenvalue weighted by molar-refractivity contribution is 0.296. The highest BCUT2D eigenvalue weighted by Crippen LogP contribution is 2.12. The second-order valence-corrected chi connectivity index (χ2v) is 5.95. The molecule has 94 valence electrons. The summed E-state index contributed by atoms with van der Waals surface area (Å²) < 4.78 is 23.5. The molecule has 1 aromatic rings. The van der Waals surface area contributed by atoms with E-state index in [9.17, 15) is 13.5 Å². The van der Waals surface area contributed by atoms with Gasteiger partial charge in [-0.2, -0.15) is 0 Å². The number of oxime groups is 1. The standard InChI is InChI=1S/C11H15NO4S/c1-2-17(15,16)10(8-13)11(12-14)9-6-4-3-5-7-9/h3-7,10,13-14H,2,8H2,1H3/b12-11-/t10-/m0/s1. The Labute approximate surface area is 100 Å². The van der Waals surface area contributed by atoms with Crippen molar-refractivity contribution in [3.63, 3.8) is 0 Å². The average molecular weight is 257 g/mol. The van der Waals surface area contributed by atoms with Crippen LogP contribution in [-0.4, -0.2) is 42.1 Å². The van der Waals surface area contributed by atoms with Gasteiger partial charge in [0.05, 0.1) is 6.61 Å². The molecule has 0 bridgehead atoms. The van der Waals surface area contributed by atoms with Gasteiger partial charge >= 0.3 is 0 Å². The zero-order valence-electron chi connectivity index (χ0n) is 9.44. The van der Waals surface area contributed by atoms with Crippen LogP contribution < -0.4 is 0 Å². The molecule has 5 nitrogen and oxygen atoms in total. The normalized spacial score (nSPS) is 14.6. The van der Waals surface area contributed by atoms with Crippen molar-refractivity contribution in [2.45, 2.75) is 12.2 Å². The van der Waals surface area contributed by atoms with E-state index in [1.165, 1.54) is 6.92 Å². The molecule has 0 radical (unpaired) electrons. The van der Waals surface area contributed by atoms with Crippen molar-refractivity contribution in [2.24, 2.45) is 5.16 Å². The Morgan fingerprint density at radius 1 is 1.35 bits per heavy atom. The molecule has 0 aliphatic heterocycles. The van der Waals surface area contributed by atoms with E-state index < -0.39 is 21.7 Å². The Balaban J connectivity index is 3.20. The summed E-state index contributed by atoms with van der Waals surface area (Å²) in [5.41, 5.74) is 0.445. The highest BCUT2D eigenvalue weighted by molar-refractivity contribution is 7.92. The van der Waals surface area contributed by atoms with Gasteiger partial charge in [-0.15, -0.1) is 0 Å². The minimum Gasteiger partial charge on any atom is -0.411 e. The first-order valence-corrected chi connectivity index (χ1v) is 6.88. The van der Waals surface area contributed by atoms with Crippen LogP contribution in [-0.2, 0) is 9.84 Å². The SMILES string of the molecule is CCS(=O)(=O)[C@@H](CO)/C(=N\O)c1ccccc1. The molecule has 2 N–H and O–H groups in total. The molecule has 0 fully saturated rings. The smallest absolute Gasteiger partial charge is 0.161 e. The fourth-order valence-electron chi connectivity index (χ4n) is 1.49. The molecule has 0 saturated carbocycles. The summed E-state index contributed by atoms with van der Waals surface area (Å²) in [6.45, 7) is 0.877. The van der Waals surface area contributed by atoms with Gasteiger partial charge in [-0.25, -0.2) is 8.42 Å². The Morgan fingerprint density at radius 2 is 1.94 bits per heavy atom. The van der Waals surface area contributed by atoms with Gasteiger partial charge in [0.2, 0.25) is 0 Å². The Hall–Kier alpha value is -1.40. The zero-order valence-corrected chi connectivity index (χ0v) is 10.3. The highest BCUT2D eigenvalue weighted by Gasteiger charge is 2.29. The molecular formula is C11H15NO4S. The summed E-state index contributed by atoms with van der Waals surface area (Å²) in [5, 5.41) is 20.0. The highest BCUT2D eigenvalue weighted by atomic mass is 32.2. The summed E-state index contributed by atoms with van der Waals surface area (Å²) in [7, 11) is -3.51. The molecular weight excluding hydrogens is 242 g/mol. The van der Waals surface area contributed by atoms with Crippen LogP contribution in [0.15, 0.2) is 35.5 Å². The van der Waals surface area contributed by atoms with Crippen LogP contribution in [0.5, 0.6) is 0 Å². The van der Waals surface area contributed by atoms with Gasteiger partial charge in [0.15, 0.2) is 9.84 Å². The zero-order chi connectivity index (χ0) is 12.9. The minimum atomic E-state index is -3.51. The van der Waals surface area contributed by atoms with Gasteiger partial charge in [0.25, 0.3) is 0 Å². The molecule has 0 aromatic heterocycles. The molecule has 1 atom stereocenters. The van der Waals surface area contributed by atoms with Crippen LogP contribution in [0.1, 0.15) is 12.5 Å². The monoisotopic (exact) mass is 257 g/mol. The average Bonchev–Trinajstić information content (AvgIpc) is 2.36. The number of rotatable bonds is 5. The molecule has 1 rings (SSSR count). The van der Waals surface area contributed by atoms with Gasteiger partial charge in [0.1, 0.15) is 11.0 Å². The van der Waals surface area contributed by atoms with Gasteiger partial charge in [-0.3, -0.25) is 0 Å². The van der Waals surface area contributed by atoms with Crippen molar-refractivity contribution in [2.75, 3.05) is 12.4 Å². The number of sulfone groups is 1. The lowest BCUT2D eigenvalue weighted by atomic mass is 10.1. The van der Waals surface area contributed by atoms with E-state index >= 15 is 0 Å². The molecule has 0 amide bonds. The number of benzene rings is 1. The topological polar surface area (TPSA) is 87.0 Å². The summed E-state index contributed by atoms with van der Waals surface area (Å²) in [6.07, 6.45) is 0. The third kappa shape index (κ3) is 3.04. The molecule has 0 aliphatic carbocycles. The summed E-state index contributed by atoms with van der Waals surface area (Å²) >= 11 is 0. The van der Waals surface area contributed by atoms with Crippen molar-refractivity contribution in [3.05, 3.63) is 35.9 Å². The van der Waals surface area contributed by atoms with Gasteiger partial charge in [-0.05, 0) is 0 Å². The van der Waals surface area contributed by atoms with Crippen molar-refractivity contribution in [1.82, 2.24) is 0 Å². The maximum absolute atomic E-state index is 11.8. The largest absolute Gasteiger partial charge is 0.411 e. The van der Waals surface area contributed by atoms with Crippen molar-refractivity contribution in [3.8, 4) is 0 Å². The summed E-state index contributed by atoms with van der Waals surface area (Å²) in [6, 6.07) is 8.42. The fraction of sp³-hybridized carbons (Fsp3) is 0.364. The van der Waals surface area contributed by atoms with Crippen LogP contribution in [0.4, 0.5) is 0 Å². The minimum absolute atomic E-state index is 0.0325. The molecule has 6 heteroatoms. The number of hydrogen-bond donors (Lipinski definition) is 2. The fourth-order valence-corrected chi connectivity index (χ4v) is 2.64. The predicted molar refractivity (Wildman–Crippen MR) is 65.1 cm³/mol. The van der Waals surface area contributed by atoms with Gasteiger partial charge in [-0.1, -0.05) is 42.4 Å². The molecule has 0 aliphatic rings. The first kappa shape index (κ1) is 13.7. The molecule has 17 heavy (non-hydrogen) atoms. The quantitative estimate of drug-likeness (QED) is 0.461. The van der Waals surface area contributed by atoms with E-state index in [-0.39, 0.29) is 11.5 Å². The summed E-state index contributed by atoms with van der Waals surface area (Å²) in [5.74, 6) is -0.121. The maximum Gasteiger partial charge on any atom is 0.161 e. The molecule has 0 unspecified atom stereocenters. The molecule has 0 spiro atoms. The number of aliphatic hydroxyl groups is 1. The predicted octanol–water partition coefficient (Wildman–Crippen LogP) is 0.661. The van der Waals surface area contributed by atoms with Gasteiger partial charge in [0, 0.05) is 11.3 Å². The lowest BCUT2D eigenvalue weighted by Crippen LogP contribution is -2.35. The second kappa shape index (κ2) is 5.79. The van der Waals surface area contributed by atoms with Crippen molar-refractivity contribution >= 4 is 15.5 Å². The van der Waals surface area contributed by atoms with Crippen molar-refractivity contribution in [1.29, 1.82) is 0 Å². The Kier molecular flexibility index (Phi) is 4.65. The molecule has 0 heterocycles. The summed E-state index contributed by atoms with van der Waals surface area (Å²) in [4.78, 5) is 0. The van der Waals surface area contributed by atoms with Crippen molar-refractivity contribution < 1.29 is 18.7 Å². The van der Waals surface area contributed by atoms with E-state index in [0.717, 1.165) is 0 Å². The van der Waals surface area contributed by atoms with Crippen LogP contribution in [0.25, 0.3) is 0 Å². The third-order valence-electron chi connectivity index (χ3n) is 2.48. The lowest BCUT2D eigenvalue weighted by Gasteiger charge is -2.15. The second-order valence-electron chi connectivity index (χ2n) is 3.47. The van der Waals surface area contributed by atoms with Crippen LogP contribution in [0.2, 0.25) is 0 Å². The first-order chi connectivity index (χ1) is 8.06.